The van der Waals surface area contributed by atoms with Gasteiger partial charge in [0.05, 0.1) is 6.54 Å². The maximum atomic E-state index is 11.8. The molecule has 2 amide bonds. The summed E-state index contributed by atoms with van der Waals surface area (Å²) in [6.45, 7) is 1.61. The van der Waals surface area contributed by atoms with Gasteiger partial charge in [-0.05, 0) is 32.7 Å². The third-order valence-corrected chi connectivity index (χ3v) is 2.51. The molecule has 19 heavy (non-hydrogen) atoms. The third-order valence-electron chi connectivity index (χ3n) is 2.51. The Labute approximate surface area is 111 Å². The average Bonchev–Trinajstić information content (AvgIpc) is 2.37. The molecule has 0 bridgehead atoms. The van der Waals surface area contributed by atoms with E-state index in [1.165, 1.54) is 6.92 Å². The van der Waals surface area contributed by atoms with Gasteiger partial charge in [-0.25, -0.2) is 0 Å². The molecule has 0 aliphatic heterocycles. The Morgan fingerprint density at radius 1 is 1.16 bits per heavy atom. The molecule has 8 nitrogen and oxygen atoms in total. The zero-order valence-electron chi connectivity index (χ0n) is 11.0. The van der Waals surface area contributed by atoms with Crippen molar-refractivity contribution in [1.29, 1.82) is 0 Å². The Morgan fingerprint density at radius 3 is 2.26 bits per heavy atom. The standard InChI is InChI=1S/C11H22N4O4/c1-7(11(18)19)14-10(17)8(4-2-3-5-12)15-9(16)6-13/h7-8H,2-6,12-13H2,1H3,(H,14,17)(H,15,16)(H,18,19)/t7-,8-/m0/s1. The van der Waals surface area contributed by atoms with Crippen LogP contribution in [0.5, 0.6) is 0 Å². The third kappa shape index (κ3) is 7.37. The van der Waals surface area contributed by atoms with Crippen LogP contribution in [0.4, 0.5) is 0 Å². The van der Waals surface area contributed by atoms with E-state index in [-0.39, 0.29) is 6.54 Å². The van der Waals surface area contributed by atoms with Crippen LogP contribution >= 0.6 is 0 Å². The van der Waals surface area contributed by atoms with Crippen molar-refractivity contribution >= 4 is 17.8 Å². The lowest BCUT2D eigenvalue weighted by molar-refractivity contribution is -0.141. The molecule has 0 aromatic heterocycles. The first kappa shape index (κ1) is 17.3. The number of aliphatic carboxylic acids is 1. The summed E-state index contributed by atoms with van der Waals surface area (Å²) < 4.78 is 0. The molecule has 0 saturated carbocycles. The van der Waals surface area contributed by atoms with Crippen LogP contribution in [0.3, 0.4) is 0 Å². The Morgan fingerprint density at radius 2 is 1.79 bits per heavy atom. The summed E-state index contributed by atoms with van der Waals surface area (Å²) in [7, 11) is 0. The minimum atomic E-state index is -1.14. The highest BCUT2D eigenvalue weighted by atomic mass is 16.4. The number of rotatable bonds is 9. The maximum Gasteiger partial charge on any atom is 0.325 e. The van der Waals surface area contributed by atoms with Crippen molar-refractivity contribution in [3.63, 3.8) is 0 Å². The molecular formula is C11H22N4O4. The molecule has 110 valence electrons. The van der Waals surface area contributed by atoms with Gasteiger partial charge in [-0.2, -0.15) is 0 Å². The lowest BCUT2D eigenvalue weighted by atomic mass is 10.1. The molecule has 0 radical (unpaired) electrons. The highest BCUT2D eigenvalue weighted by Gasteiger charge is 2.23. The minimum absolute atomic E-state index is 0.227. The number of nitrogens with two attached hydrogens (primary N) is 2. The smallest absolute Gasteiger partial charge is 0.325 e. The van der Waals surface area contributed by atoms with Crippen molar-refractivity contribution in [2.45, 2.75) is 38.3 Å². The molecule has 7 N–H and O–H groups in total. The molecule has 0 saturated heterocycles. The fourth-order valence-electron chi connectivity index (χ4n) is 1.39. The summed E-state index contributed by atoms with van der Waals surface area (Å²) in [5, 5.41) is 13.5. The van der Waals surface area contributed by atoms with E-state index in [0.717, 1.165) is 6.42 Å². The van der Waals surface area contributed by atoms with E-state index in [4.69, 9.17) is 16.6 Å². The predicted octanol–water partition coefficient (Wildman–Crippen LogP) is -1.85. The fourth-order valence-corrected chi connectivity index (χ4v) is 1.39. The molecule has 0 aromatic rings. The van der Waals surface area contributed by atoms with Crippen LogP contribution in [0.1, 0.15) is 26.2 Å². The Bertz CT molecular complexity index is 322. The number of carbonyl (C=O) groups excluding carboxylic acids is 2. The lowest BCUT2D eigenvalue weighted by Gasteiger charge is -2.19. The number of amides is 2. The van der Waals surface area contributed by atoms with E-state index in [1.54, 1.807) is 0 Å². The Hall–Kier alpha value is -1.67. The largest absolute Gasteiger partial charge is 0.480 e. The zero-order valence-corrected chi connectivity index (χ0v) is 11.0. The average molecular weight is 274 g/mol. The molecule has 8 heteroatoms. The molecule has 0 heterocycles. The Kier molecular flexibility index (Phi) is 8.47. The fraction of sp³-hybridized carbons (Fsp3) is 0.727. The molecule has 0 aliphatic carbocycles. The number of unbranched alkanes of at least 4 members (excludes halogenated alkanes) is 1. The molecule has 0 aromatic carbocycles. The van der Waals surface area contributed by atoms with E-state index in [2.05, 4.69) is 10.6 Å². The highest BCUT2D eigenvalue weighted by molar-refractivity contribution is 5.90. The SMILES string of the molecule is C[C@H](NC(=O)[C@H](CCCCN)NC(=O)CN)C(=O)O. The minimum Gasteiger partial charge on any atom is -0.480 e. The lowest BCUT2D eigenvalue weighted by Crippen LogP contribution is -2.51. The van der Waals surface area contributed by atoms with Gasteiger partial charge in [-0.3, -0.25) is 14.4 Å². The van der Waals surface area contributed by atoms with Gasteiger partial charge in [-0.15, -0.1) is 0 Å². The van der Waals surface area contributed by atoms with E-state index in [1.807, 2.05) is 0 Å². The quantitative estimate of drug-likeness (QED) is 0.312. The summed E-state index contributed by atoms with van der Waals surface area (Å²) in [6.07, 6.45) is 1.76. The van der Waals surface area contributed by atoms with Crippen LogP contribution in [0.25, 0.3) is 0 Å². The number of hydrogen-bond donors (Lipinski definition) is 5. The Balaban J connectivity index is 4.48. The second-order valence-corrected chi connectivity index (χ2v) is 4.18. The van der Waals surface area contributed by atoms with Gasteiger partial charge < -0.3 is 27.2 Å². The number of nitrogens with one attached hydrogen (secondary N) is 2. The molecule has 0 spiro atoms. The highest BCUT2D eigenvalue weighted by Crippen LogP contribution is 2.01. The van der Waals surface area contributed by atoms with Crippen LogP contribution in [-0.2, 0) is 14.4 Å². The molecule has 0 rings (SSSR count). The van der Waals surface area contributed by atoms with Gasteiger partial charge in [0.25, 0.3) is 0 Å². The summed E-state index contributed by atoms with van der Waals surface area (Å²) in [5.74, 6) is -2.14. The maximum absolute atomic E-state index is 11.8. The molecule has 2 atom stereocenters. The van der Waals surface area contributed by atoms with Crippen molar-refractivity contribution in [2.24, 2.45) is 11.5 Å². The van der Waals surface area contributed by atoms with Gasteiger partial charge in [0.15, 0.2) is 0 Å². The van der Waals surface area contributed by atoms with E-state index >= 15 is 0 Å². The summed E-state index contributed by atoms with van der Waals surface area (Å²) >= 11 is 0. The molecular weight excluding hydrogens is 252 g/mol. The second-order valence-electron chi connectivity index (χ2n) is 4.18. The van der Waals surface area contributed by atoms with Crippen LogP contribution in [0, 0.1) is 0 Å². The number of carboxylic acid groups (broad SMARTS) is 1. The normalized spacial score (nSPS) is 13.4. The number of hydrogen-bond acceptors (Lipinski definition) is 5. The van der Waals surface area contributed by atoms with Crippen molar-refractivity contribution in [3.8, 4) is 0 Å². The van der Waals surface area contributed by atoms with Crippen LogP contribution in [0.15, 0.2) is 0 Å². The number of carboxylic acids is 1. The monoisotopic (exact) mass is 274 g/mol. The van der Waals surface area contributed by atoms with E-state index in [0.29, 0.717) is 19.4 Å². The summed E-state index contributed by atoms with van der Waals surface area (Å²) in [4.78, 5) is 33.7. The topological polar surface area (TPSA) is 148 Å². The van der Waals surface area contributed by atoms with Crippen molar-refractivity contribution in [2.75, 3.05) is 13.1 Å². The summed E-state index contributed by atoms with van der Waals surface area (Å²) in [5.41, 5.74) is 10.5. The van der Waals surface area contributed by atoms with Gasteiger partial charge in [0, 0.05) is 0 Å². The zero-order chi connectivity index (χ0) is 14.8. The molecule has 0 unspecified atom stereocenters. The summed E-state index contributed by atoms with van der Waals surface area (Å²) in [6, 6.07) is -1.80. The van der Waals surface area contributed by atoms with Gasteiger partial charge in [-0.1, -0.05) is 0 Å². The number of carbonyl (C=O) groups is 3. The predicted molar refractivity (Wildman–Crippen MR) is 69.1 cm³/mol. The first-order chi connectivity index (χ1) is 8.92. The van der Waals surface area contributed by atoms with E-state index in [9.17, 15) is 14.4 Å². The van der Waals surface area contributed by atoms with Gasteiger partial charge in [0.1, 0.15) is 12.1 Å². The van der Waals surface area contributed by atoms with Crippen molar-refractivity contribution < 1.29 is 19.5 Å². The van der Waals surface area contributed by atoms with Crippen molar-refractivity contribution in [3.05, 3.63) is 0 Å². The van der Waals surface area contributed by atoms with Gasteiger partial charge >= 0.3 is 5.97 Å². The van der Waals surface area contributed by atoms with Crippen LogP contribution in [-0.4, -0.2) is 48.1 Å². The van der Waals surface area contributed by atoms with Crippen molar-refractivity contribution in [1.82, 2.24) is 10.6 Å². The molecule has 0 fully saturated rings. The van der Waals surface area contributed by atoms with E-state index < -0.39 is 29.9 Å². The van der Waals surface area contributed by atoms with Crippen LogP contribution in [0.2, 0.25) is 0 Å². The first-order valence-electron chi connectivity index (χ1n) is 6.15. The first-order valence-corrected chi connectivity index (χ1v) is 6.15. The second kappa shape index (κ2) is 9.29. The van der Waals surface area contributed by atoms with Crippen LogP contribution < -0.4 is 22.1 Å². The molecule has 0 aliphatic rings. The van der Waals surface area contributed by atoms with Gasteiger partial charge in [0.2, 0.25) is 11.8 Å².